The number of piperazine rings is 1. The van der Waals surface area contributed by atoms with Crippen molar-refractivity contribution in [3.05, 3.63) is 44.9 Å². The van der Waals surface area contributed by atoms with E-state index in [0.717, 1.165) is 48.5 Å². The van der Waals surface area contributed by atoms with E-state index in [9.17, 15) is 10.0 Å². The van der Waals surface area contributed by atoms with Crippen molar-refractivity contribution in [2.24, 2.45) is 0 Å². The zero-order valence-corrected chi connectivity index (χ0v) is 23.2. The van der Waals surface area contributed by atoms with Gasteiger partial charge < -0.3 is 20.7 Å². The Hall–Kier alpha value is -0.770. The molecule has 0 aliphatic carbocycles. The highest BCUT2D eigenvalue weighted by atomic mass is 79.9. The zero-order valence-electron chi connectivity index (χ0n) is 20.0. The molecule has 32 heavy (non-hydrogen) atoms. The van der Waals surface area contributed by atoms with Crippen LogP contribution in [0.15, 0.2) is 44.9 Å². The van der Waals surface area contributed by atoms with Gasteiger partial charge in [0.05, 0.1) is 10.7 Å². The summed E-state index contributed by atoms with van der Waals surface area (Å²) in [6, 6.07) is -0.147. The number of thioether (sulfide) groups is 1. The maximum Gasteiger partial charge on any atom is 0.244 e. The van der Waals surface area contributed by atoms with Crippen LogP contribution in [0, 0.1) is 0 Å². The molecule has 9 heteroatoms. The van der Waals surface area contributed by atoms with Crippen LogP contribution in [-0.4, -0.2) is 72.6 Å². The van der Waals surface area contributed by atoms with Crippen molar-refractivity contribution in [1.82, 2.24) is 20.6 Å². The fourth-order valence-corrected chi connectivity index (χ4v) is 3.75. The van der Waals surface area contributed by atoms with Gasteiger partial charge in [0, 0.05) is 55.2 Å². The van der Waals surface area contributed by atoms with Crippen molar-refractivity contribution in [3.8, 4) is 0 Å². The molecule has 1 aliphatic heterocycles. The molecular weight excluding hydrogens is 512 g/mol. The first-order valence-corrected chi connectivity index (χ1v) is 13.6. The molecule has 184 valence electrons. The molecule has 0 spiro atoms. The lowest BCUT2D eigenvalue weighted by Crippen LogP contribution is -2.43. The second kappa shape index (κ2) is 19.7. The molecule has 1 fully saturated rings. The van der Waals surface area contributed by atoms with Gasteiger partial charge in [-0.3, -0.25) is 4.79 Å². The summed E-state index contributed by atoms with van der Waals surface area (Å²) < 4.78 is 0.947. The normalized spacial score (nSPS) is 16.8. The number of hydroxylamine groups is 2. The van der Waals surface area contributed by atoms with Crippen LogP contribution in [0.5, 0.6) is 0 Å². The van der Waals surface area contributed by atoms with Crippen molar-refractivity contribution in [1.29, 1.82) is 0 Å². The van der Waals surface area contributed by atoms with Crippen LogP contribution < -0.4 is 10.6 Å². The van der Waals surface area contributed by atoms with E-state index in [1.807, 2.05) is 45.3 Å². The van der Waals surface area contributed by atoms with Gasteiger partial charge in [0.2, 0.25) is 5.91 Å². The number of allylic oxidation sites excluding steroid dienone is 4. The minimum Gasteiger partial charge on any atom is -0.368 e. The average Bonchev–Trinajstić information content (AvgIpc) is 2.80. The molecular formula is C23H40BrClN4O2S. The Bertz CT molecular complexity index is 650. The molecule has 0 aromatic heterocycles. The van der Waals surface area contributed by atoms with Gasteiger partial charge in [-0.2, -0.15) is 5.06 Å². The Kier molecular flexibility index (Phi) is 19.2. The van der Waals surface area contributed by atoms with Gasteiger partial charge >= 0.3 is 0 Å². The molecule has 0 radical (unpaired) electrons. The lowest BCUT2D eigenvalue weighted by Gasteiger charge is -2.31. The predicted molar refractivity (Wildman–Crippen MR) is 143 cm³/mol. The van der Waals surface area contributed by atoms with E-state index in [1.165, 1.54) is 11.1 Å². The summed E-state index contributed by atoms with van der Waals surface area (Å²) in [5.74, 6) is -0.178. The molecule has 0 aromatic rings. The highest BCUT2D eigenvalue weighted by molar-refractivity contribution is 9.14. The molecule has 1 aliphatic rings. The van der Waals surface area contributed by atoms with Crippen molar-refractivity contribution >= 4 is 45.2 Å². The Morgan fingerprint density at radius 3 is 2.59 bits per heavy atom. The van der Waals surface area contributed by atoms with Crippen molar-refractivity contribution in [3.63, 3.8) is 0 Å². The Morgan fingerprint density at radius 2 is 2.03 bits per heavy atom. The number of hydrogen-bond acceptors (Lipinski definition) is 6. The first-order chi connectivity index (χ1) is 15.4. The number of hydrogen-bond donors (Lipinski definition) is 3. The Morgan fingerprint density at radius 1 is 1.38 bits per heavy atom. The van der Waals surface area contributed by atoms with Crippen LogP contribution in [0.2, 0.25) is 0 Å². The third kappa shape index (κ3) is 13.7. The lowest BCUT2D eigenvalue weighted by atomic mass is 10.1. The van der Waals surface area contributed by atoms with Gasteiger partial charge in [-0.25, -0.2) is 0 Å². The monoisotopic (exact) mass is 550 g/mol. The molecule has 1 unspecified atom stereocenters. The predicted octanol–water partition coefficient (Wildman–Crippen LogP) is 5.08. The van der Waals surface area contributed by atoms with Crippen molar-refractivity contribution < 1.29 is 10.0 Å². The molecule has 1 heterocycles. The Labute approximate surface area is 212 Å². The number of carbonyl (C=O) groups excluding carboxylic acids is 1. The molecule has 0 saturated carbocycles. The van der Waals surface area contributed by atoms with Crippen LogP contribution >= 0.6 is 39.3 Å². The first-order valence-electron chi connectivity index (χ1n) is 11.2. The fraction of sp³-hybridized carbons (Fsp3) is 0.609. The van der Waals surface area contributed by atoms with Gasteiger partial charge in [0.25, 0.3) is 0 Å². The summed E-state index contributed by atoms with van der Waals surface area (Å²) in [6.45, 7) is 12.3. The summed E-state index contributed by atoms with van der Waals surface area (Å²) in [5, 5.41) is 18.5. The molecule has 1 rings (SSSR count). The molecule has 6 nitrogen and oxygen atoms in total. The first kappa shape index (κ1) is 31.2. The number of rotatable bonds is 12. The Balaban J connectivity index is 0.00000466. The van der Waals surface area contributed by atoms with Gasteiger partial charge in [-0.1, -0.05) is 50.9 Å². The van der Waals surface area contributed by atoms with Crippen molar-refractivity contribution in [2.45, 2.75) is 46.6 Å². The topological polar surface area (TPSA) is 67.8 Å². The number of amides is 1. The third-order valence-electron chi connectivity index (χ3n) is 4.54. The molecule has 1 amide bonds. The van der Waals surface area contributed by atoms with E-state index in [2.05, 4.69) is 38.4 Å². The minimum atomic E-state index is -0.178. The van der Waals surface area contributed by atoms with E-state index in [0.29, 0.717) is 11.6 Å². The molecule has 1 saturated heterocycles. The molecule has 1 atom stereocenters. The average molecular weight is 552 g/mol. The minimum absolute atomic E-state index is 0.147. The molecule has 0 bridgehead atoms. The van der Waals surface area contributed by atoms with Crippen LogP contribution in [0.1, 0.15) is 40.5 Å². The lowest BCUT2D eigenvalue weighted by molar-refractivity contribution is -0.119. The van der Waals surface area contributed by atoms with E-state index >= 15 is 0 Å². The van der Waals surface area contributed by atoms with Crippen LogP contribution in [-0.2, 0) is 4.79 Å². The smallest absolute Gasteiger partial charge is 0.244 e. The van der Waals surface area contributed by atoms with Crippen molar-refractivity contribution in [2.75, 3.05) is 45.5 Å². The number of halogens is 2. The standard InChI is InChI=1S/C21H34BrClN4O2S.C2H6/c1-4-7-17(25-21(28)9-6-8-20(22)30-3)16-27(29)13-10-18(23)19(5-2)26-14-11-24-12-15-26;1-2/h5-6,8-10,17,24,29H,4,7,11-16H2,1-3H3,(H,25,28);1-2H3/b9-6+,18-10+,19-5+,20-8-;. The van der Waals surface area contributed by atoms with Gasteiger partial charge in [-0.15, -0.1) is 11.8 Å². The van der Waals surface area contributed by atoms with Gasteiger partial charge in [-0.05, 0) is 47.7 Å². The van der Waals surface area contributed by atoms with Gasteiger partial charge in [0.15, 0.2) is 0 Å². The highest BCUT2D eigenvalue weighted by Crippen LogP contribution is 2.20. The highest BCUT2D eigenvalue weighted by Gasteiger charge is 2.16. The second-order valence-electron chi connectivity index (χ2n) is 6.86. The van der Waals surface area contributed by atoms with E-state index in [1.54, 1.807) is 17.8 Å². The van der Waals surface area contributed by atoms with Gasteiger partial charge in [0.1, 0.15) is 0 Å². The van der Waals surface area contributed by atoms with E-state index in [-0.39, 0.29) is 18.5 Å². The zero-order chi connectivity index (χ0) is 24.4. The largest absolute Gasteiger partial charge is 0.368 e. The summed E-state index contributed by atoms with van der Waals surface area (Å²) >= 11 is 11.4. The SMILES string of the molecule is C/C=C(\C(Cl)=C/CN(O)CC(CCC)NC(=O)/C=C/C=C(/Br)SC)N1CCNCC1.CC. The number of nitrogens with one attached hydrogen (secondary N) is 2. The maximum atomic E-state index is 12.1. The fourth-order valence-electron chi connectivity index (χ4n) is 3.08. The summed E-state index contributed by atoms with van der Waals surface area (Å²) in [7, 11) is 0. The number of nitrogens with zero attached hydrogens (tertiary/aromatic N) is 2. The molecule has 3 N–H and O–H groups in total. The quantitative estimate of drug-likeness (QED) is 0.179. The summed E-state index contributed by atoms with van der Waals surface area (Å²) in [6.07, 6.45) is 12.5. The van der Waals surface area contributed by atoms with Crippen LogP contribution in [0.4, 0.5) is 0 Å². The van der Waals surface area contributed by atoms with Crippen LogP contribution in [0.3, 0.4) is 0 Å². The maximum absolute atomic E-state index is 12.1. The van der Waals surface area contributed by atoms with Crippen LogP contribution in [0.25, 0.3) is 0 Å². The second-order valence-corrected chi connectivity index (χ2v) is 9.50. The molecule has 0 aromatic carbocycles. The summed E-state index contributed by atoms with van der Waals surface area (Å²) in [5.41, 5.74) is 0.986. The number of carbonyl (C=O) groups is 1. The van der Waals surface area contributed by atoms with E-state index in [4.69, 9.17) is 11.6 Å². The third-order valence-corrected chi connectivity index (χ3v) is 6.65. The van der Waals surface area contributed by atoms with E-state index < -0.39 is 0 Å². The summed E-state index contributed by atoms with van der Waals surface area (Å²) in [4.78, 5) is 14.4.